The summed E-state index contributed by atoms with van der Waals surface area (Å²) in [7, 11) is 2.95. The molecule has 3 atom stereocenters. The molecule has 2 aliphatic carbocycles. The first kappa shape index (κ1) is 23.7. The lowest BCUT2D eigenvalue weighted by Gasteiger charge is -2.23. The third kappa shape index (κ3) is 6.77. The van der Waals surface area contributed by atoms with Gasteiger partial charge in [0.25, 0.3) is 0 Å². The van der Waals surface area contributed by atoms with Gasteiger partial charge < -0.3 is 9.99 Å². The summed E-state index contributed by atoms with van der Waals surface area (Å²) in [5.41, 5.74) is 6.39. The minimum absolute atomic E-state index is 0.212. The molecule has 0 saturated heterocycles. The molecular formula is C27H35O3P. The summed E-state index contributed by atoms with van der Waals surface area (Å²) in [6.45, 7) is 6.47. The Bertz CT molecular complexity index is 878. The molecule has 0 amide bonds. The Morgan fingerprint density at radius 1 is 1.19 bits per heavy atom. The van der Waals surface area contributed by atoms with Crippen LogP contribution < -0.4 is 5.30 Å². The Morgan fingerprint density at radius 3 is 2.77 bits per heavy atom. The maximum absolute atomic E-state index is 9.23. The van der Waals surface area contributed by atoms with Crippen LogP contribution >= 0.6 is 9.24 Å². The number of hydrogen-bond donors (Lipinski definition) is 1. The van der Waals surface area contributed by atoms with Crippen molar-refractivity contribution in [1.82, 2.24) is 0 Å². The topological polar surface area (TPSA) is 38.7 Å². The molecule has 0 bridgehead atoms. The summed E-state index contributed by atoms with van der Waals surface area (Å²) in [4.78, 5) is 10.1. The van der Waals surface area contributed by atoms with Crippen LogP contribution in [0.4, 0.5) is 0 Å². The third-order valence-electron chi connectivity index (χ3n) is 6.02. The van der Waals surface area contributed by atoms with Crippen LogP contribution in [0.25, 0.3) is 5.57 Å². The Hall–Kier alpha value is -1.93. The van der Waals surface area contributed by atoms with Crippen LogP contribution in [0.2, 0.25) is 0 Å². The molecule has 1 aromatic rings. The van der Waals surface area contributed by atoms with Crippen molar-refractivity contribution >= 4 is 20.1 Å². The molecule has 3 nitrogen and oxygen atoms in total. The zero-order valence-electron chi connectivity index (χ0n) is 18.6. The van der Waals surface area contributed by atoms with E-state index in [-0.39, 0.29) is 6.61 Å². The van der Waals surface area contributed by atoms with E-state index in [0.717, 1.165) is 25.7 Å². The molecule has 0 heterocycles. The molecule has 0 fully saturated rings. The zero-order chi connectivity index (χ0) is 22.1. The molecule has 4 heteroatoms. The largest absolute Gasteiger partial charge is 0.396 e. The van der Waals surface area contributed by atoms with E-state index in [1.54, 1.807) is 0 Å². The van der Waals surface area contributed by atoms with E-state index in [9.17, 15) is 5.11 Å². The summed E-state index contributed by atoms with van der Waals surface area (Å²) >= 11 is 0. The van der Waals surface area contributed by atoms with Gasteiger partial charge in [0, 0.05) is 18.9 Å². The second-order valence-electron chi connectivity index (χ2n) is 8.35. The number of rotatable bonds is 10. The van der Waals surface area contributed by atoms with Gasteiger partial charge in [-0.25, -0.2) is 0 Å². The highest BCUT2D eigenvalue weighted by molar-refractivity contribution is 7.27. The van der Waals surface area contributed by atoms with Crippen molar-refractivity contribution in [3.8, 4) is 0 Å². The van der Waals surface area contributed by atoms with E-state index in [1.165, 1.54) is 52.3 Å². The molecule has 0 aromatic heterocycles. The maximum atomic E-state index is 9.23. The summed E-state index contributed by atoms with van der Waals surface area (Å²) in [6, 6.07) is 6.85. The molecule has 166 valence electrons. The summed E-state index contributed by atoms with van der Waals surface area (Å²) in [5, 5.41) is 10.5. The van der Waals surface area contributed by atoms with E-state index < -0.39 is 0 Å². The molecule has 1 aromatic carbocycles. The van der Waals surface area contributed by atoms with Gasteiger partial charge in [0.2, 0.25) is 0 Å². The van der Waals surface area contributed by atoms with Gasteiger partial charge in [-0.1, -0.05) is 61.6 Å². The molecule has 31 heavy (non-hydrogen) atoms. The second-order valence-corrected chi connectivity index (χ2v) is 8.98. The molecule has 1 N–H and O–H groups in total. The first-order valence-electron chi connectivity index (χ1n) is 11.3. The zero-order valence-corrected chi connectivity index (χ0v) is 19.7. The second kappa shape index (κ2) is 12.2. The highest BCUT2D eigenvalue weighted by Gasteiger charge is 2.18. The molecule has 0 saturated carbocycles. The van der Waals surface area contributed by atoms with Gasteiger partial charge in [0.1, 0.15) is 6.26 Å². The van der Waals surface area contributed by atoms with Crippen molar-refractivity contribution in [3.63, 3.8) is 0 Å². The van der Waals surface area contributed by atoms with Crippen LogP contribution in [0.1, 0.15) is 62.5 Å². The molecule has 0 radical (unpaired) electrons. The number of allylic oxidation sites excluding steroid dienone is 7. The smallest absolute Gasteiger partial charge is 0.122 e. The molecular weight excluding hydrogens is 403 g/mol. The lowest BCUT2D eigenvalue weighted by Crippen LogP contribution is -2.12. The molecule has 3 unspecified atom stereocenters. The lowest BCUT2D eigenvalue weighted by molar-refractivity contribution is -0.247. The highest BCUT2D eigenvalue weighted by atomic mass is 31.0. The predicted octanol–water partition coefficient (Wildman–Crippen LogP) is 6.15. The van der Waals surface area contributed by atoms with E-state index in [1.807, 2.05) is 0 Å². The Labute approximate surface area is 189 Å². The number of benzene rings is 1. The number of aliphatic hydroxyl groups excluding tert-OH is 1. The van der Waals surface area contributed by atoms with E-state index in [2.05, 4.69) is 71.3 Å². The van der Waals surface area contributed by atoms with Gasteiger partial charge in [-0.3, -0.25) is 0 Å². The van der Waals surface area contributed by atoms with Gasteiger partial charge in [0.05, 0.1) is 6.61 Å². The standard InChI is InChI=1S/C27H35O3P/c1-3-29-30-17-15-24-18-21(7-5-16-28)6-4-8-25(24)23-13-14-26(27(31)19-23)22-11-9-20(2)10-12-22/h3,6,8-9,11,13-14,18-20,22,28H,1,4-5,7,10,12,15-17,31H2,2H3. The lowest BCUT2D eigenvalue weighted by atomic mass is 9.84. The van der Waals surface area contributed by atoms with Crippen molar-refractivity contribution in [2.45, 2.75) is 51.4 Å². The fourth-order valence-electron chi connectivity index (χ4n) is 4.33. The van der Waals surface area contributed by atoms with E-state index in [4.69, 9.17) is 9.78 Å². The average Bonchev–Trinajstić information content (AvgIpc) is 2.98. The van der Waals surface area contributed by atoms with Gasteiger partial charge in [-0.2, -0.15) is 4.89 Å². The maximum Gasteiger partial charge on any atom is 0.122 e. The van der Waals surface area contributed by atoms with Crippen LogP contribution in [0, 0.1) is 5.92 Å². The fourth-order valence-corrected chi connectivity index (χ4v) is 4.82. The van der Waals surface area contributed by atoms with Crippen LogP contribution in [0.3, 0.4) is 0 Å². The van der Waals surface area contributed by atoms with Crippen LogP contribution in [-0.2, 0) is 9.78 Å². The van der Waals surface area contributed by atoms with Gasteiger partial charge >= 0.3 is 0 Å². The monoisotopic (exact) mass is 438 g/mol. The summed E-state index contributed by atoms with van der Waals surface area (Å²) < 4.78 is 0. The van der Waals surface area contributed by atoms with Crippen molar-refractivity contribution in [2.24, 2.45) is 5.92 Å². The van der Waals surface area contributed by atoms with Crippen molar-refractivity contribution in [2.75, 3.05) is 13.2 Å². The average molecular weight is 439 g/mol. The van der Waals surface area contributed by atoms with E-state index in [0.29, 0.717) is 18.4 Å². The third-order valence-corrected chi connectivity index (χ3v) is 6.52. The number of hydrogen-bond acceptors (Lipinski definition) is 3. The quantitative estimate of drug-likeness (QED) is 0.119. The summed E-state index contributed by atoms with van der Waals surface area (Å²) in [6.07, 6.45) is 18.6. The Morgan fingerprint density at radius 2 is 2.06 bits per heavy atom. The Kier molecular flexibility index (Phi) is 9.33. The van der Waals surface area contributed by atoms with Gasteiger partial charge in [0.15, 0.2) is 0 Å². The SMILES string of the molecule is C=COOCCC1=CC(CCCO)=CCC=C1c1ccc(C2C=CC(C)CC2)c(P)c1. The summed E-state index contributed by atoms with van der Waals surface area (Å²) in [5.74, 6) is 1.19. The van der Waals surface area contributed by atoms with Crippen molar-refractivity contribution in [3.05, 3.63) is 83.7 Å². The number of aliphatic hydroxyl groups is 1. The first-order chi connectivity index (χ1) is 15.1. The van der Waals surface area contributed by atoms with Gasteiger partial charge in [-0.15, -0.1) is 9.24 Å². The Balaban J connectivity index is 1.84. The van der Waals surface area contributed by atoms with Crippen LogP contribution in [0.15, 0.2) is 72.6 Å². The molecule has 2 aliphatic rings. The minimum Gasteiger partial charge on any atom is -0.396 e. The highest BCUT2D eigenvalue weighted by Crippen LogP contribution is 2.34. The molecule has 0 aliphatic heterocycles. The van der Waals surface area contributed by atoms with Crippen LogP contribution in [-0.4, -0.2) is 18.3 Å². The fraction of sp³-hybridized carbons (Fsp3) is 0.407. The first-order valence-corrected chi connectivity index (χ1v) is 11.9. The molecule has 3 rings (SSSR count). The van der Waals surface area contributed by atoms with E-state index >= 15 is 0 Å². The predicted molar refractivity (Wildman–Crippen MR) is 133 cm³/mol. The van der Waals surface area contributed by atoms with Gasteiger partial charge in [-0.05, 0) is 71.7 Å². The normalized spacial score (nSPS) is 21.1. The minimum atomic E-state index is 0.212. The van der Waals surface area contributed by atoms with Crippen molar-refractivity contribution in [1.29, 1.82) is 0 Å². The van der Waals surface area contributed by atoms with Crippen molar-refractivity contribution < 1.29 is 14.9 Å². The van der Waals surface area contributed by atoms with Crippen LogP contribution in [0.5, 0.6) is 0 Å². The molecule has 0 spiro atoms.